The van der Waals surface area contributed by atoms with Crippen molar-refractivity contribution in [3.8, 4) is 0 Å². The van der Waals surface area contributed by atoms with Crippen LogP contribution in [0.2, 0.25) is 0 Å². The van der Waals surface area contributed by atoms with Gasteiger partial charge in [0.2, 0.25) is 0 Å². The standard InChI is InChI=1S/C13H21NO3S/c1-9-7-8-12(17-9)10(2)14-11-5-4-6-13(11)18(3,15)16/h7-8,10-11,13-14H,4-6H2,1-3H3. The first kappa shape index (κ1) is 13.6. The van der Waals surface area contributed by atoms with E-state index in [0.29, 0.717) is 0 Å². The Morgan fingerprint density at radius 3 is 2.67 bits per heavy atom. The quantitative estimate of drug-likeness (QED) is 0.912. The molecule has 5 heteroatoms. The van der Waals surface area contributed by atoms with Crippen LogP contribution in [0.1, 0.15) is 43.7 Å². The first-order valence-electron chi connectivity index (χ1n) is 6.39. The lowest BCUT2D eigenvalue weighted by molar-refractivity contribution is 0.380. The van der Waals surface area contributed by atoms with Crippen LogP contribution in [0.25, 0.3) is 0 Å². The Balaban J connectivity index is 2.05. The SMILES string of the molecule is Cc1ccc(C(C)NC2CCCC2S(C)(=O)=O)o1. The summed E-state index contributed by atoms with van der Waals surface area (Å²) >= 11 is 0. The first-order chi connectivity index (χ1) is 8.38. The second-order valence-corrected chi connectivity index (χ2v) is 7.51. The van der Waals surface area contributed by atoms with E-state index >= 15 is 0 Å². The van der Waals surface area contributed by atoms with Crippen LogP contribution in [-0.2, 0) is 9.84 Å². The van der Waals surface area contributed by atoms with Crippen LogP contribution in [-0.4, -0.2) is 26.0 Å². The summed E-state index contributed by atoms with van der Waals surface area (Å²) in [6, 6.07) is 3.96. The summed E-state index contributed by atoms with van der Waals surface area (Å²) in [7, 11) is -2.97. The zero-order valence-electron chi connectivity index (χ0n) is 11.1. The van der Waals surface area contributed by atoms with Crippen LogP contribution >= 0.6 is 0 Å². The molecule has 2 rings (SSSR count). The zero-order chi connectivity index (χ0) is 13.3. The molecule has 0 saturated heterocycles. The second kappa shape index (κ2) is 5.05. The van der Waals surface area contributed by atoms with Gasteiger partial charge in [-0.3, -0.25) is 0 Å². The van der Waals surface area contributed by atoms with E-state index in [4.69, 9.17) is 4.42 Å². The molecule has 0 bridgehead atoms. The molecule has 0 aromatic carbocycles. The van der Waals surface area contributed by atoms with Crippen LogP contribution < -0.4 is 5.32 Å². The minimum Gasteiger partial charge on any atom is -0.465 e. The normalized spacial score (nSPS) is 26.4. The lowest BCUT2D eigenvalue weighted by atomic mass is 10.2. The molecule has 3 atom stereocenters. The van der Waals surface area contributed by atoms with Crippen molar-refractivity contribution in [2.24, 2.45) is 0 Å². The molecule has 0 amide bonds. The minimum atomic E-state index is -2.97. The van der Waals surface area contributed by atoms with Crippen LogP contribution in [0.3, 0.4) is 0 Å². The zero-order valence-corrected chi connectivity index (χ0v) is 12.0. The van der Waals surface area contributed by atoms with E-state index in [2.05, 4.69) is 5.32 Å². The highest BCUT2D eigenvalue weighted by atomic mass is 32.2. The van der Waals surface area contributed by atoms with Gasteiger partial charge in [0.25, 0.3) is 0 Å². The molecule has 1 saturated carbocycles. The van der Waals surface area contributed by atoms with Gasteiger partial charge in [0.15, 0.2) is 9.84 Å². The molecule has 1 aromatic heterocycles. The molecule has 1 aliphatic carbocycles. The highest BCUT2D eigenvalue weighted by Crippen LogP contribution is 2.27. The Morgan fingerprint density at radius 2 is 2.11 bits per heavy atom. The summed E-state index contributed by atoms with van der Waals surface area (Å²) in [5.74, 6) is 1.75. The lowest BCUT2D eigenvalue weighted by Crippen LogP contribution is -2.41. The second-order valence-electron chi connectivity index (χ2n) is 5.24. The third-order valence-electron chi connectivity index (χ3n) is 3.65. The lowest BCUT2D eigenvalue weighted by Gasteiger charge is -2.23. The van der Waals surface area contributed by atoms with E-state index in [-0.39, 0.29) is 17.3 Å². The van der Waals surface area contributed by atoms with E-state index in [1.807, 2.05) is 26.0 Å². The molecule has 1 N–H and O–H groups in total. The maximum Gasteiger partial charge on any atom is 0.151 e. The van der Waals surface area contributed by atoms with Gasteiger partial charge in [0.1, 0.15) is 11.5 Å². The molecule has 4 nitrogen and oxygen atoms in total. The van der Waals surface area contributed by atoms with Crippen molar-refractivity contribution in [3.05, 3.63) is 23.7 Å². The van der Waals surface area contributed by atoms with Gasteiger partial charge < -0.3 is 9.73 Å². The molecule has 1 aromatic rings. The van der Waals surface area contributed by atoms with Gasteiger partial charge >= 0.3 is 0 Å². The van der Waals surface area contributed by atoms with Crippen molar-refractivity contribution in [1.29, 1.82) is 0 Å². The van der Waals surface area contributed by atoms with E-state index in [0.717, 1.165) is 30.8 Å². The highest BCUT2D eigenvalue weighted by Gasteiger charge is 2.35. The van der Waals surface area contributed by atoms with Crippen molar-refractivity contribution >= 4 is 9.84 Å². The van der Waals surface area contributed by atoms with Gasteiger partial charge in [-0.15, -0.1) is 0 Å². The third-order valence-corrected chi connectivity index (χ3v) is 5.32. The van der Waals surface area contributed by atoms with E-state index in [1.165, 1.54) is 6.26 Å². The van der Waals surface area contributed by atoms with Gasteiger partial charge in [0, 0.05) is 12.3 Å². The Bertz CT molecular complexity index is 506. The molecule has 102 valence electrons. The maximum atomic E-state index is 11.7. The van der Waals surface area contributed by atoms with Gasteiger partial charge in [-0.2, -0.15) is 0 Å². The molecule has 18 heavy (non-hydrogen) atoms. The fraction of sp³-hybridized carbons (Fsp3) is 0.692. The number of nitrogens with one attached hydrogen (secondary N) is 1. The molecule has 0 radical (unpaired) electrons. The van der Waals surface area contributed by atoms with Gasteiger partial charge in [-0.1, -0.05) is 6.42 Å². The number of hydrogen-bond donors (Lipinski definition) is 1. The number of rotatable bonds is 4. The van der Waals surface area contributed by atoms with Crippen molar-refractivity contribution in [3.63, 3.8) is 0 Å². The number of hydrogen-bond acceptors (Lipinski definition) is 4. The molecule has 0 aliphatic heterocycles. The number of furan rings is 1. The van der Waals surface area contributed by atoms with Crippen molar-refractivity contribution < 1.29 is 12.8 Å². The van der Waals surface area contributed by atoms with Gasteiger partial charge in [0.05, 0.1) is 11.3 Å². The summed E-state index contributed by atoms with van der Waals surface area (Å²) in [6.07, 6.45) is 3.99. The number of aryl methyl sites for hydroxylation is 1. The Kier molecular flexibility index (Phi) is 3.82. The molecule has 1 fully saturated rings. The monoisotopic (exact) mass is 271 g/mol. The molecule has 1 heterocycles. The average molecular weight is 271 g/mol. The Morgan fingerprint density at radius 1 is 1.39 bits per heavy atom. The predicted octanol–water partition coefficient (Wildman–Crippen LogP) is 2.20. The molecule has 0 spiro atoms. The van der Waals surface area contributed by atoms with Crippen molar-refractivity contribution in [1.82, 2.24) is 5.32 Å². The molecule has 3 unspecified atom stereocenters. The largest absolute Gasteiger partial charge is 0.465 e. The topological polar surface area (TPSA) is 59.3 Å². The summed E-state index contributed by atoms with van der Waals surface area (Å²) in [5, 5.41) is 3.14. The summed E-state index contributed by atoms with van der Waals surface area (Å²) in [5.41, 5.74) is 0. The van der Waals surface area contributed by atoms with Gasteiger partial charge in [-0.05, 0) is 38.8 Å². The van der Waals surface area contributed by atoms with E-state index in [9.17, 15) is 8.42 Å². The molecule has 1 aliphatic rings. The summed E-state index contributed by atoms with van der Waals surface area (Å²) < 4.78 is 29.0. The van der Waals surface area contributed by atoms with E-state index in [1.54, 1.807) is 0 Å². The fourth-order valence-corrected chi connectivity index (χ4v) is 4.12. The molecular weight excluding hydrogens is 250 g/mol. The maximum absolute atomic E-state index is 11.7. The van der Waals surface area contributed by atoms with Gasteiger partial charge in [-0.25, -0.2) is 8.42 Å². The summed E-state index contributed by atoms with van der Waals surface area (Å²) in [6.45, 7) is 3.92. The van der Waals surface area contributed by atoms with E-state index < -0.39 is 9.84 Å². The Hall–Kier alpha value is -0.810. The minimum absolute atomic E-state index is 0.0420. The Labute approximate surface area is 109 Å². The molecular formula is C13H21NO3S. The van der Waals surface area contributed by atoms with Crippen LogP contribution in [0.4, 0.5) is 0 Å². The predicted molar refractivity (Wildman–Crippen MR) is 71.3 cm³/mol. The van der Waals surface area contributed by atoms with Crippen LogP contribution in [0.5, 0.6) is 0 Å². The van der Waals surface area contributed by atoms with Crippen molar-refractivity contribution in [2.45, 2.75) is 50.4 Å². The van der Waals surface area contributed by atoms with Crippen LogP contribution in [0.15, 0.2) is 16.5 Å². The summed E-state index contributed by atoms with van der Waals surface area (Å²) in [4.78, 5) is 0. The van der Waals surface area contributed by atoms with Crippen molar-refractivity contribution in [2.75, 3.05) is 6.26 Å². The third kappa shape index (κ3) is 2.95. The fourth-order valence-electron chi connectivity index (χ4n) is 2.72. The highest BCUT2D eigenvalue weighted by molar-refractivity contribution is 7.91. The average Bonchev–Trinajstić information content (AvgIpc) is 2.85. The number of sulfone groups is 1. The smallest absolute Gasteiger partial charge is 0.151 e. The van der Waals surface area contributed by atoms with Crippen LogP contribution in [0, 0.1) is 6.92 Å². The first-order valence-corrected chi connectivity index (χ1v) is 8.34.